The van der Waals surface area contributed by atoms with Crippen molar-refractivity contribution in [2.75, 3.05) is 31.1 Å². The fraction of sp³-hybridized carbons (Fsp3) is 0.625. The molecule has 3 heterocycles. The molecule has 0 amide bonds. The number of anilines is 2. The van der Waals surface area contributed by atoms with Crippen LogP contribution in [0.5, 0.6) is 0 Å². The standard InChI is InChI=1S/C13H20N6O3.C3H6O/c1-3-4-5-6-9(20)22-8-19-7-15-10-11(18(2)21)16-13(14)17-12(10)19;1-2-4-3-1/h7,21H,3-6,8H2,1-2H3,(H2,14,16,17);1-3H2. The van der Waals surface area contributed by atoms with E-state index in [9.17, 15) is 10.0 Å². The lowest BCUT2D eigenvalue weighted by atomic mass is 10.2. The van der Waals surface area contributed by atoms with Crippen LogP contribution in [0.3, 0.4) is 0 Å². The molecule has 144 valence electrons. The van der Waals surface area contributed by atoms with Crippen LogP contribution in [0.4, 0.5) is 11.8 Å². The van der Waals surface area contributed by atoms with E-state index in [-0.39, 0.29) is 24.5 Å². The maximum Gasteiger partial charge on any atom is 0.307 e. The number of nitrogens with two attached hydrogens (primary N) is 1. The van der Waals surface area contributed by atoms with Gasteiger partial charge in [-0.3, -0.25) is 14.6 Å². The third kappa shape index (κ3) is 5.53. The van der Waals surface area contributed by atoms with Crippen molar-refractivity contribution in [2.45, 2.75) is 45.8 Å². The third-order valence-electron chi connectivity index (χ3n) is 3.70. The van der Waals surface area contributed by atoms with Gasteiger partial charge in [-0.1, -0.05) is 19.8 Å². The molecule has 3 rings (SSSR count). The molecule has 26 heavy (non-hydrogen) atoms. The number of carbonyl (C=O) groups excluding carboxylic acids is 1. The molecule has 1 aliphatic rings. The second-order valence-corrected chi connectivity index (χ2v) is 5.88. The molecule has 0 radical (unpaired) electrons. The number of fused-ring (bicyclic) bond motifs is 1. The van der Waals surface area contributed by atoms with Gasteiger partial charge in [0, 0.05) is 26.7 Å². The summed E-state index contributed by atoms with van der Waals surface area (Å²) >= 11 is 0. The van der Waals surface area contributed by atoms with Crippen LogP contribution in [-0.4, -0.2) is 51.0 Å². The highest BCUT2D eigenvalue weighted by atomic mass is 16.5. The van der Waals surface area contributed by atoms with E-state index in [4.69, 9.17) is 15.2 Å². The van der Waals surface area contributed by atoms with Gasteiger partial charge < -0.3 is 15.2 Å². The molecule has 2 aromatic heterocycles. The zero-order chi connectivity index (χ0) is 18.9. The molecule has 0 saturated carbocycles. The largest absolute Gasteiger partial charge is 0.444 e. The lowest BCUT2D eigenvalue weighted by Gasteiger charge is -2.10. The molecule has 10 nitrogen and oxygen atoms in total. The van der Waals surface area contributed by atoms with Crippen molar-refractivity contribution in [3.63, 3.8) is 0 Å². The van der Waals surface area contributed by atoms with E-state index >= 15 is 0 Å². The number of rotatable bonds is 7. The summed E-state index contributed by atoms with van der Waals surface area (Å²) in [6, 6.07) is 0. The van der Waals surface area contributed by atoms with Crippen molar-refractivity contribution in [1.29, 1.82) is 0 Å². The van der Waals surface area contributed by atoms with Crippen LogP contribution >= 0.6 is 0 Å². The van der Waals surface area contributed by atoms with Gasteiger partial charge in [0.1, 0.15) is 0 Å². The minimum Gasteiger partial charge on any atom is -0.444 e. The topological polar surface area (TPSA) is 129 Å². The number of unbranched alkanes of at least 4 members (excludes halogenated alkanes) is 2. The molecule has 3 N–H and O–H groups in total. The Kier molecular flexibility index (Phi) is 7.54. The quantitative estimate of drug-likeness (QED) is 0.427. The first kappa shape index (κ1) is 19.9. The van der Waals surface area contributed by atoms with Crippen LogP contribution in [-0.2, 0) is 21.0 Å². The molecule has 1 aliphatic heterocycles. The van der Waals surface area contributed by atoms with Crippen LogP contribution < -0.4 is 10.8 Å². The molecule has 1 fully saturated rings. The van der Waals surface area contributed by atoms with E-state index in [1.54, 1.807) is 0 Å². The molecule has 0 aromatic carbocycles. The molecule has 0 atom stereocenters. The minimum atomic E-state index is -0.267. The monoisotopic (exact) mass is 366 g/mol. The smallest absolute Gasteiger partial charge is 0.307 e. The number of imidazole rings is 1. The summed E-state index contributed by atoms with van der Waals surface area (Å²) < 4.78 is 11.5. The molecular weight excluding hydrogens is 340 g/mol. The molecule has 0 bridgehead atoms. The average Bonchev–Trinajstić information content (AvgIpc) is 2.93. The highest BCUT2D eigenvalue weighted by Gasteiger charge is 2.15. The van der Waals surface area contributed by atoms with Gasteiger partial charge in [0.25, 0.3) is 0 Å². The molecule has 10 heteroatoms. The van der Waals surface area contributed by atoms with Gasteiger partial charge in [-0.25, -0.2) is 10.0 Å². The van der Waals surface area contributed by atoms with Gasteiger partial charge in [0.05, 0.1) is 6.33 Å². The van der Waals surface area contributed by atoms with Crippen molar-refractivity contribution in [1.82, 2.24) is 19.5 Å². The number of esters is 1. The first-order valence-corrected chi connectivity index (χ1v) is 8.67. The van der Waals surface area contributed by atoms with Gasteiger partial charge in [-0.05, 0) is 12.8 Å². The van der Waals surface area contributed by atoms with Gasteiger partial charge in [0.2, 0.25) is 5.95 Å². The highest BCUT2D eigenvalue weighted by molar-refractivity contribution is 5.84. The van der Waals surface area contributed by atoms with Crippen LogP contribution in [0.25, 0.3) is 11.2 Å². The summed E-state index contributed by atoms with van der Waals surface area (Å²) in [5.74, 6) is -0.0771. The maximum absolute atomic E-state index is 11.6. The van der Waals surface area contributed by atoms with E-state index in [1.165, 1.54) is 24.4 Å². The van der Waals surface area contributed by atoms with Gasteiger partial charge >= 0.3 is 5.97 Å². The average molecular weight is 366 g/mol. The minimum absolute atomic E-state index is 0.000535. The number of hydrogen-bond donors (Lipinski definition) is 2. The molecule has 0 unspecified atom stereocenters. The van der Waals surface area contributed by atoms with Gasteiger partial charge in [0.15, 0.2) is 23.7 Å². The first-order valence-electron chi connectivity index (χ1n) is 8.67. The van der Waals surface area contributed by atoms with Gasteiger partial charge in [-0.15, -0.1) is 0 Å². The summed E-state index contributed by atoms with van der Waals surface area (Å²) in [4.78, 5) is 23.7. The van der Waals surface area contributed by atoms with Crippen LogP contribution in [0.1, 0.15) is 39.0 Å². The maximum atomic E-state index is 11.6. The molecule has 0 aliphatic carbocycles. The SMILES string of the molecule is C1COC1.CCCCCC(=O)OCn1cnc2c(N(C)O)nc(N)nc21. The summed E-state index contributed by atoms with van der Waals surface area (Å²) in [6.45, 7) is 4.06. The van der Waals surface area contributed by atoms with Crippen molar-refractivity contribution in [3.8, 4) is 0 Å². The Labute approximate surface area is 151 Å². The Morgan fingerprint density at radius 2 is 2.12 bits per heavy atom. The summed E-state index contributed by atoms with van der Waals surface area (Å²) in [5.41, 5.74) is 6.39. The lowest BCUT2D eigenvalue weighted by molar-refractivity contribution is -0.147. The van der Waals surface area contributed by atoms with Crippen molar-refractivity contribution < 1.29 is 19.5 Å². The normalized spacial score (nSPS) is 12.9. The summed E-state index contributed by atoms with van der Waals surface area (Å²) in [5, 5.41) is 10.4. The third-order valence-corrected chi connectivity index (χ3v) is 3.70. The second kappa shape index (κ2) is 9.88. The highest BCUT2D eigenvalue weighted by Crippen LogP contribution is 2.21. The number of nitrogen functional groups attached to an aromatic ring is 1. The van der Waals surface area contributed by atoms with Crippen molar-refractivity contribution in [3.05, 3.63) is 6.33 Å². The summed E-state index contributed by atoms with van der Waals surface area (Å²) in [7, 11) is 1.41. The Morgan fingerprint density at radius 3 is 2.69 bits per heavy atom. The Morgan fingerprint density at radius 1 is 1.42 bits per heavy atom. The van der Waals surface area contributed by atoms with Crippen molar-refractivity contribution in [2.24, 2.45) is 0 Å². The van der Waals surface area contributed by atoms with E-state index in [2.05, 4.69) is 21.9 Å². The number of aromatic nitrogens is 4. The number of nitrogens with zero attached hydrogens (tertiary/aromatic N) is 5. The van der Waals surface area contributed by atoms with E-state index in [0.717, 1.165) is 37.5 Å². The Hall–Kier alpha value is -2.46. The number of ether oxygens (including phenoxy) is 2. The molecule has 2 aromatic rings. The zero-order valence-electron chi connectivity index (χ0n) is 15.2. The fourth-order valence-electron chi connectivity index (χ4n) is 2.14. The lowest BCUT2D eigenvalue weighted by Crippen LogP contribution is -2.14. The second-order valence-electron chi connectivity index (χ2n) is 5.88. The zero-order valence-corrected chi connectivity index (χ0v) is 15.2. The number of carbonyl (C=O) groups is 1. The van der Waals surface area contributed by atoms with E-state index < -0.39 is 0 Å². The first-order chi connectivity index (χ1) is 12.5. The fourth-order valence-corrected chi connectivity index (χ4v) is 2.14. The molecule has 1 saturated heterocycles. The Balaban J connectivity index is 0.000000534. The van der Waals surface area contributed by atoms with Crippen molar-refractivity contribution >= 4 is 28.9 Å². The van der Waals surface area contributed by atoms with Gasteiger partial charge in [-0.2, -0.15) is 9.97 Å². The predicted octanol–water partition coefficient (Wildman–Crippen LogP) is 1.72. The molecular formula is C16H26N6O4. The van der Waals surface area contributed by atoms with Crippen LogP contribution in [0.2, 0.25) is 0 Å². The van der Waals surface area contributed by atoms with E-state index in [0.29, 0.717) is 17.6 Å². The predicted molar refractivity (Wildman–Crippen MR) is 95.6 cm³/mol. The number of hydroxylamine groups is 1. The van der Waals surface area contributed by atoms with Crippen LogP contribution in [0.15, 0.2) is 6.33 Å². The van der Waals surface area contributed by atoms with Crippen LogP contribution in [0, 0.1) is 0 Å². The van der Waals surface area contributed by atoms with E-state index in [1.807, 2.05) is 0 Å². The Bertz CT molecular complexity index is 710. The molecule has 0 spiro atoms. The summed E-state index contributed by atoms with van der Waals surface area (Å²) in [6.07, 6.45) is 5.99. The number of hydrogen-bond acceptors (Lipinski definition) is 9.